The van der Waals surface area contributed by atoms with Crippen molar-refractivity contribution in [3.63, 3.8) is 0 Å². The van der Waals surface area contributed by atoms with Crippen molar-refractivity contribution in [2.24, 2.45) is 0 Å². The van der Waals surface area contributed by atoms with Crippen LogP contribution in [-0.4, -0.2) is 35.7 Å². The Morgan fingerprint density at radius 1 is 1.57 bits per heavy atom. The fourth-order valence-electron chi connectivity index (χ4n) is 1.00. The van der Waals surface area contributed by atoms with Gasteiger partial charge in [0.2, 0.25) is 5.91 Å². The van der Waals surface area contributed by atoms with E-state index in [9.17, 15) is 9.90 Å². The Labute approximate surface area is 85.1 Å². The van der Waals surface area contributed by atoms with E-state index in [0.717, 1.165) is 0 Å². The standard InChI is InChI=1S/C10H20N2O2/c1-3-10(2,14)7-12-9(13)6-11-8-4-5-8/h8,11,14H,3-7H2,1-2H3,(H,12,13). The molecule has 1 amide bonds. The summed E-state index contributed by atoms with van der Waals surface area (Å²) in [5.41, 5.74) is -0.782. The number of amides is 1. The molecule has 4 nitrogen and oxygen atoms in total. The van der Waals surface area contributed by atoms with E-state index in [1.807, 2.05) is 6.92 Å². The van der Waals surface area contributed by atoms with Gasteiger partial charge in [0.15, 0.2) is 0 Å². The van der Waals surface area contributed by atoms with Crippen molar-refractivity contribution >= 4 is 5.91 Å². The molecular weight excluding hydrogens is 180 g/mol. The maximum absolute atomic E-state index is 11.3. The van der Waals surface area contributed by atoms with Crippen LogP contribution >= 0.6 is 0 Å². The summed E-state index contributed by atoms with van der Waals surface area (Å²) in [6, 6.07) is 0.549. The summed E-state index contributed by atoms with van der Waals surface area (Å²) in [6.07, 6.45) is 3.00. The van der Waals surface area contributed by atoms with Crippen molar-refractivity contribution in [1.82, 2.24) is 10.6 Å². The predicted molar refractivity (Wildman–Crippen MR) is 54.9 cm³/mol. The van der Waals surface area contributed by atoms with Crippen molar-refractivity contribution < 1.29 is 9.90 Å². The molecule has 14 heavy (non-hydrogen) atoms. The minimum atomic E-state index is -0.782. The molecule has 0 saturated heterocycles. The Balaban J connectivity index is 2.07. The van der Waals surface area contributed by atoms with Crippen molar-refractivity contribution in [2.75, 3.05) is 13.1 Å². The van der Waals surface area contributed by atoms with Gasteiger partial charge in [-0.3, -0.25) is 4.79 Å². The van der Waals surface area contributed by atoms with Gasteiger partial charge in [-0.1, -0.05) is 6.92 Å². The summed E-state index contributed by atoms with van der Waals surface area (Å²) in [5.74, 6) is -0.0365. The first kappa shape index (κ1) is 11.5. The smallest absolute Gasteiger partial charge is 0.234 e. The molecule has 3 N–H and O–H groups in total. The third-order valence-corrected chi connectivity index (χ3v) is 2.56. The van der Waals surface area contributed by atoms with Crippen molar-refractivity contribution in [3.8, 4) is 0 Å². The van der Waals surface area contributed by atoms with Gasteiger partial charge in [-0.05, 0) is 26.2 Å². The summed E-state index contributed by atoms with van der Waals surface area (Å²) < 4.78 is 0. The molecular formula is C10H20N2O2. The SMILES string of the molecule is CCC(C)(O)CNC(=O)CNC1CC1. The lowest BCUT2D eigenvalue weighted by atomic mass is 10.0. The molecule has 0 aromatic carbocycles. The summed E-state index contributed by atoms with van der Waals surface area (Å²) in [7, 11) is 0. The molecule has 1 saturated carbocycles. The van der Waals surface area contributed by atoms with E-state index in [1.54, 1.807) is 6.92 Å². The van der Waals surface area contributed by atoms with E-state index in [-0.39, 0.29) is 5.91 Å². The summed E-state index contributed by atoms with van der Waals surface area (Å²) in [5, 5.41) is 15.4. The average Bonchev–Trinajstić information content (AvgIpc) is 2.95. The normalized spacial score (nSPS) is 20.2. The van der Waals surface area contributed by atoms with Crippen molar-refractivity contribution in [2.45, 2.75) is 44.8 Å². The van der Waals surface area contributed by atoms with Crippen LogP contribution in [0.4, 0.5) is 0 Å². The fraction of sp³-hybridized carbons (Fsp3) is 0.900. The number of rotatable bonds is 6. The molecule has 0 aromatic heterocycles. The van der Waals surface area contributed by atoms with Gasteiger partial charge < -0.3 is 15.7 Å². The first-order chi connectivity index (χ1) is 6.53. The Morgan fingerprint density at radius 3 is 2.71 bits per heavy atom. The summed E-state index contributed by atoms with van der Waals surface area (Å²) >= 11 is 0. The summed E-state index contributed by atoms with van der Waals surface area (Å²) in [4.78, 5) is 11.3. The number of hydrogen-bond donors (Lipinski definition) is 3. The zero-order valence-corrected chi connectivity index (χ0v) is 8.97. The van der Waals surface area contributed by atoms with E-state index >= 15 is 0 Å². The van der Waals surface area contributed by atoms with E-state index in [4.69, 9.17) is 0 Å². The Kier molecular flexibility index (Phi) is 3.89. The average molecular weight is 200 g/mol. The minimum absolute atomic E-state index is 0.0365. The van der Waals surface area contributed by atoms with Gasteiger partial charge in [0.1, 0.15) is 0 Å². The molecule has 1 rings (SSSR count). The number of aliphatic hydroxyl groups is 1. The third-order valence-electron chi connectivity index (χ3n) is 2.56. The van der Waals surface area contributed by atoms with Crippen LogP contribution in [0.5, 0.6) is 0 Å². The number of carbonyl (C=O) groups is 1. The molecule has 1 fully saturated rings. The quantitative estimate of drug-likeness (QED) is 0.566. The highest BCUT2D eigenvalue weighted by molar-refractivity contribution is 5.78. The second-order valence-corrected chi connectivity index (χ2v) is 4.28. The molecule has 1 aliphatic carbocycles. The van der Waals surface area contributed by atoms with Gasteiger partial charge in [-0.2, -0.15) is 0 Å². The number of hydrogen-bond acceptors (Lipinski definition) is 3. The van der Waals surface area contributed by atoms with Gasteiger partial charge in [0.05, 0.1) is 12.1 Å². The second-order valence-electron chi connectivity index (χ2n) is 4.28. The number of nitrogens with one attached hydrogen (secondary N) is 2. The van der Waals surface area contributed by atoms with Gasteiger partial charge in [-0.15, -0.1) is 0 Å². The maximum Gasteiger partial charge on any atom is 0.234 e. The zero-order valence-electron chi connectivity index (χ0n) is 8.97. The van der Waals surface area contributed by atoms with Crippen LogP contribution in [0.15, 0.2) is 0 Å². The molecule has 0 heterocycles. The van der Waals surface area contributed by atoms with Gasteiger partial charge in [0.25, 0.3) is 0 Å². The molecule has 0 radical (unpaired) electrons. The Hall–Kier alpha value is -0.610. The van der Waals surface area contributed by atoms with Crippen LogP contribution in [0.2, 0.25) is 0 Å². The summed E-state index contributed by atoms with van der Waals surface area (Å²) in [6.45, 7) is 4.31. The topological polar surface area (TPSA) is 61.4 Å². The van der Waals surface area contributed by atoms with Crippen LogP contribution in [0, 0.1) is 0 Å². The van der Waals surface area contributed by atoms with Crippen LogP contribution in [0.1, 0.15) is 33.1 Å². The second kappa shape index (κ2) is 4.75. The van der Waals surface area contributed by atoms with E-state index < -0.39 is 5.60 Å². The molecule has 4 heteroatoms. The number of carbonyl (C=O) groups excluding carboxylic acids is 1. The van der Waals surface area contributed by atoms with Gasteiger partial charge >= 0.3 is 0 Å². The molecule has 1 unspecified atom stereocenters. The highest BCUT2D eigenvalue weighted by atomic mass is 16.3. The minimum Gasteiger partial charge on any atom is -0.388 e. The monoisotopic (exact) mass is 200 g/mol. The molecule has 1 aliphatic rings. The third kappa shape index (κ3) is 4.58. The van der Waals surface area contributed by atoms with Gasteiger partial charge in [0, 0.05) is 12.6 Å². The Bertz CT molecular complexity index is 200. The molecule has 0 aromatic rings. The molecule has 1 atom stereocenters. The first-order valence-corrected chi connectivity index (χ1v) is 5.26. The lowest BCUT2D eigenvalue weighted by molar-refractivity contribution is -0.121. The van der Waals surface area contributed by atoms with Gasteiger partial charge in [-0.25, -0.2) is 0 Å². The highest BCUT2D eigenvalue weighted by Gasteiger charge is 2.22. The van der Waals surface area contributed by atoms with Crippen LogP contribution in [0.25, 0.3) is 0 Å². The van der Waals surface area contributed by atoms with Crippen LogP contribution < -0.4 is 10.6 Å². The highest BCUT2D eigenvalue weighted by Crippen LogP contribution is 2.17. The first-order valence-electron chi connectivity index (χ1n) is 5.26. The predicted octanol–water partition coefficient (Wildman–Crippen LogP) is 0.0156. The largest absolute Gasteiger partial charge is 0.388 e. The fourth-order valence-corrected chi connectivity index (χ4v) is 1.00. The molecule has 82 valence electrons. The van der Waals surface area contributed by atoms with Crippen molar-refractivity contribution in [1.29, 1.82) is 0 Å². The lowest BCUT2D eigenvalue weighted by Gasteiger charge is -2.21. The lowest BCUT2D eigenvalue weighted by Crippen LogP contribution is -2.43. The zero-order chi connectivity index (χ0) is 10.6. The maximum atomic E-state index is 11.3. The van der Waals surface area contributed by atoms with E-state index in [0.29, 0.717) is 25.6 Å². The molecule has 0 bridgehead atoms. The molecule has 0 spiro atoms. The van der Waals surface area contributed by atoms with Crippen molar-refractivity contribution in [3.05, 3.63) is 0 Å². The Morgan fingerprint density at radius 2 is 2.21 bits per heavy atom. The molecule has 0 aliphatic heterocycles. The van der Waals surface area contributed by atoms with Crippen LogP contribution in [0.3, 0.4) is 0 Å². The van der Waals surface area contributed by atoms with Crippen LogP contribution in [-0.2, 0) is 4.79 Å². The van der Waals surface area contributed by atoms with E-state index in [1.165, 1.54) is 12.8 Å². The van der Waals surface area contributed by atoms with E-state index in [2.05, 4.69) is 10.6 Å².